The van der Waals surface area contributed by atoms with Crippen molar-refractivity contribution in [3.05, 3.63) is 35.4 Å². The summed E-state index contributed by atoms with van der Waals surface area (Å²) in [7, 11) is -3.41. The molecule has 0 aliphatic carbocycles. The van der Waals surface area contributed by atoms with Crippen LogP contribution in [0.25, 0.3) is 10.8 Å². The second-order valence-electron chi connectivity index (χ2n) is 3.69. The third-order valence-corrected chi connectivity index (χ3v) is 2.78. The van der Waals surface area contributed by atoms with Crippen LogP contribution in [0.15, 0.2) is 30.3 Å². The number of hydrogen-bond donors (Lipinski definition) is 4. The van der Waals surface area contributed by atoms with Crippen molar-refractivity contribution in [2.24, 2.45) is 0 Å². The van der Waals surface area contributed by atoms with E-state index in [0.717, 1.165) is 0 Å². The van der Waals surface area contributed by atoms with E-state index in [1.54, 1.807) is 18.2 Å². The lowest BCUT2D eigenvalue weighted by Crippen LogP contribution is -2.38. The predicted molar refractivity (Wildman–Crippen MR) is 68.6 cm³/mol. The molecule has 86 valence electrons. The molecular formula is C10H9B2ClO4. The Balaban J connectivity index is 2.86. The Bertz CT molecular complexity index is 559. The van der Waals surface area contributed by atoms with E-state index in [4.69, 9.17) is 11.6 Å². The molecule has 0 radical (unpaired) electrons. The molecule has 2 aromatic rings. The molecule has 0 bridgehead atoms. The molecular weight excluding hydrogens is 241 g/mol. The van der Waals surface area contributed by atoms with E-state index >= 15 is 0 Å². The molecule has 0 atom stereocenters. The summed E-state index contributed by atoms with van der Waals surface area (Å²) in [6.07, 6.45) is 0. The lowest BCUT2D eigenvalue weighted by molar-refractivity contribution is 0.426. The molecule has 0 saturated heterocycles. The summed E-state index contributed by atoms with van der Waals surface area (Å²) in [5.41, 5.74) is 0.360. The van der Waals surface area contributed by atoms with Crippen LogP contribution in [0.5, 0.6) is 0 Å². The zero-order valence-corrected chi connectivity index (χ0v) is 9.46. The minimum atomic E-state index is -1.73. The Kier molecular flexibility index (Phi) is 3.42. The van der Waals surface area contributed by atoms with Gasteiger partial charge in [-0.1, -0.05) is 29.8 Å². The van der Waals surface area contributed by atoms with Crippen LogP contribution in [0.3, 0.4) is 0 Å². The van der Waals surface area contributed by atoms with Crippen LogP contribution in [-0.2, 0) is 0 Å². The molecule has 0 fully saturated rings. The van der Waals surface area contributed by atoms with Crippen molar-refractivity contribution in [1.29, 1.82) is 0 Å². The fraction of sp³-hybridized carbons (Fsp3) is 0. The quantitative estimate of drug-likeness (QED) is 0.508. The molecule has 4 nitrogen and oxygen atoms in total. The number of hydrogen-bond acceptors (Lipinski definition) is 4. The SMILES string of the molecule is OB(O)c1cccc2cc(Cl)cc(B(O)O)c12. The Labute approximate surface area is 103 Å². The smallest absolute Gasteiger partial charge is 0.423 e. The van der Waals surface area contributed by atoms with Crippen LogP contribution in [0, 0.1) is 0 Å². The fourth-order valence-corrected chi connectivity index (χ4v) is 2.11. The van der Waals surface area contributed by atoms with Crippen LogP contribution >= 0.6 is 11.6 Å². The van der Waals surface area contributed by atoms with Gasteiger partial charge in [0.05, 0.1) is 0 Å². The van der Waals surface area contributed by atoms with Crippen molar-refractivity contribution in [2.75, 3.05) is 0 Å². The largest absolute Gasteiger partial charge is 0.489 e. The van der Waals surface area contributed by atoms with E-state index in [-0.39, 0.29) is 10.9 Å². The van der Waals surface area contributed by atoms with Crippen LogP contribution in [0.2, 0.25) is 5.02 Å². The van der Waals surface area contributed by atoms with E-state index in [1.165, 1.54) is 12.1 Å². The van der Waals surface area contributed by atoms with E-state index in [1.807, 2.05) is 0 Å². The van der Waals surface area contributed by atoms with Crippen molar-refractivity contribution < 1.29 is 20.1 Å². The number of fused-ring (bicyclic) bond motifs is 1. The van der Waals surface area contributed by atoms with Crippen LogP contribution in [0.1, 0.15) is 0 Å². The standard InChI is InChI=1S/C10H9B2ClO4/c13-7-4-6-2-1-3-8(11(14)15)10(6)9(5-7)12(16)17/h1-5,14-17H. The van der Waals surface area contributed by atoms with Gasteiger partial charge in [0, 0.05) is 5.02 Å². The van der Waals surface area contributed by atoms with Crippen molar-refractivity contribution in [1.82, 2.24) is 0 Å². The van der Waals surface area contributed by atoms with Gasteiger partial charge in [-0.25, -0.2) is 0 Å². The summed E-state index contributed by atoms with van der Waals surface area (Å²) >= 11 is 5.85. The second kappa shape index (κ2) is 4.68. The predicted octanol–water partition coefficient (Wildman–Crippen LogP) is -1.15. The molecule has 0 saturated carbocycles. The van der Waals surface area contributed by atoms with E-state index in [0.29, 0.717) is 15.8 Å². The topological polar surface area (TPSA) is 80.9 Å². The first-order valence-corrected chi connectivity index (χ1v) is 5.33. The molecule has 0 aromatic heterocycles. The highest BCUT2D eigenvalue weighted by Crippen LogP contribution is 2.16. The molecule has 2 rings (SSSR count). The first-order valence-electron chi connectivity index (χ1n) is 4.95. The highest BCUT2D eigenvalue weighted by Gasteiger charge is 2.22. The highest BCUT2D eigenvalue weighted by molar-refractivity contribution is 6.68. The molecule has 7 heteroatoms. The number of rotatable bonds is 2. The second-order valence-corrected chi connectivity index (χ2v) is 4.12. The zero-order chi connectivity index (χ0) is 12.6. The van der Waals surface area contributed by atoms with Gasteiger partial charge in [0.2, 0.25) is 0 Å². The van der Waals surface area contributed by atoms with E-state index < -0.39 is 14.2 Å². The molecule has 0 spiro atoms. The van der Waals surface area contributed by atoms with Gasteiger partial charge in [0.25, 0.3) is 0 Å². The molecule has 0 amide bonds. The van der Waals surface area contributed by atoms with Gasteiger partial charge in [-0.05, 0) is 33.8 Å². The average molecular weight is 250 g/mol. The van der Waals surface area contributed by atoms with Crippen molar-refractivity contribution >= 4 is 47.5 Å². The maximum atomic E-state index is 9.29. The van der Waals surface area contributed by atoms with E-state index in [2.05, 4.69) is 0 Å². The summed E-state index contributed by atoms with van der Waals surface area (Å²) < 4.78 is 0. The molecule has 0 unspecified atom stereocenters. The third-order valence-electron chi connectivity index (χ3n) is 2.56. The van der Waals surface area contributed by atoms with Gasteiger partial charge in [0.1, 0.15) is 0 Å². The molecule has 17 heavy (non-hydrogen) atoms. The monoisotopic (exact) mass is 250 g/mol. The lowest BCUT2D eigenvalue weighted by atomic mass is 9.69. The third kappa shape index (κ3) is 2.31. The summed E-state index contributed by atoms with van der Waals surface area (Å²) in [6.45, 7) is 0. The minimum absolute atomic E-state index is 0.149. The molecule has 2 aromatic carbocycles. The first-order chi connectivity index (χ1) is 8.00. The Morgan fingerprint density at radius 2 is 1.53 bits per heavy atom. The highest BCUT2D eigenvalue weighted by atomic mass is 35.5. The molecule has 0 aliphatic heterocycles. The van der Waals surface area contributed by atoms with Crippen LogP contribution < -0.4 is 10.9 Å². The number of halogens is 1. The average Bonchev–Trinajstić information content (AvgIpc) is 2.26. The minimum Gasteiger partial charge on any atom is -0.423 e. The Hall–Kier alpha value is -1.04. The van der Waals surface area contributed by atoms with Gasteiger partial charge in [-0.3, -0.25) is 0 Å². The zero-order valence-electron chi connectivity index (χ0n) is 8.71. The summed E-state index contributed by atoms with van der Waals surface area (Å²) in [5.74, 6) is 0. The van der Waals surface area contributed by atoms with Crippen molar-refractivity contribution in [3.63, 3.8) is 0 Å². The maximum Gasteiger partial charge on any atom is 0.489 e. The fourth-order valence-electron chi connectivity index (χ4n) is 1.87. The van der Waals surface area contributed by atoms with Gasteiger partial charge >= 0.3 is 14.2 Å². The van der Waals surface area contributed by atoms with Gasteiger partial charge in [-0.2, -0.15) is 0 Å². The Morgan fingerprint density at radius 3 is 2.12 bits per heavy atom. The van der Waals surface area contributed by atoms with Crippen molar-refractivity contribution in [2.45, 2.75) is 0 Å². The first kappa shape index (κ1) is 12.4. The lowest BCUT2D eigenvalue weighted by Gasteiger charge is -2.11. The van der Waals surface area contributed by atoms with Crippen LogP contribution in [-0.4, -0.2) is 34.3 Å². The molecule has 4 N–H and O–H groups in total. The van der Waals surface area contributed by atoms with Gasteiger partial charge in [0.15, 0.2) is 0 Å². The summed E-state index contributed by atoms with van der Waals surface area (Å²) in [4.78, 5) is 0. The Morgan fingerprint density at radius 1 is 0.882 bits per heavy atom. The molecule has 0 heterocycles. The summed E-state index contributed by atoms with van der Waals surface area (Å²) in [6, 6.07) is 7.86. The van der Waals surface area contributed by atoms with Gasteiger partial charge < -0.3 is 20.1 Å². The molecule has 0 aliphatic rings. The summed E-state index contributed by atoms with van der Waals surface area (Å²) in [5, 5.41) is 38.4. The van der Waals surface area contributed by atoms with Gasteiger partial charge in [-0.15, -0.1) is 0 Å². The van der Waals surface area contributed by atoms with Crippen LogP contribution in [0.4, 0.5) is 0 Å². The maximum absolute atomic E-state index is 9.29. The normalized spacial score (nSPS) is 10.6. The number of benzene rings is 2. The van der Waals surface area contributed by atoms with Crippen molar-refractivity contribution in [3.8, 4) is 0 Å². The van der Waals surface area contributed by atoms with E-state index in [9.17, 15) is 20.1 Å².